The van der Waals surface area contributed by atoms with Crippen LogP contribution in [-0.2, 0) is 4.79 Å². The molecule has 1 atom stereocenters. The number of rotatable bonds is 2. The van der Waals surface area contributed by atoms with Gasteiger partial charge in [0.2, 0.25) is 5.95 Å². The van der Waals surface area contributed by atoms with E-state index in [-0.39, 0.29) is 17.6 Å². The number of allylic oxidation sites excluding steroid dienone is 2. The normalized spacial score (nSPS) is 16.8. The summed E-state index contributed by atoms with van der Waals surface area (Å²) in [6, 6.07) is 14.5. The highest BCUT2D eigenvalue weighted by atomic mass is 16.3. The van der Waals surface area contributed by atoms with Crippen molar-refractivity contribution in [3.05, 3.63) is 65.4 Å². The minimum atomic E-state index is -0.321. The quantitative estimate of drug-likeness (QED) is 0.757. The molecule has 2 heterocycles. The third-order valence-electron chi connectivity index (χ3n) is 4.40. The lowest BCUT2D eigenvalue weighted by Gasteiger charge is -2.30. The number of para-hydroxylation sites is 2. The van der Waals surface area contributed by atoms with Gasteiger partial charge in [-0.3, -0.25) is 9.36 Å². The van der Waals surface area contributed by atoms with Gasteiger partial charge in [0.1, 0.15) is 5.75 Å². The number of carbonyl (C=O) groups is 1. The molecule has 0 radical (unpaired) electrons. The molecule has 24 heavy (non-hydrogen) atoms. The maximum atomic E-state index is 12.4. The zero-order valence-electron chi connectivity index (χ0n) is 13.4. The molecule has 0 saturated heterocycles. The molecular formula is C19H17N3O2. The van der Waals surface area contributed by atoms with Crippen LogP contribution in [0, 0.1) is 0 Å². The molecule has 1 aliphatic heterocycles. The van der Waals surface area contributed by atoms with Crippen LogP contribution in [0.15, 0.2) is 59.8 Å². The lowest BCUT2D eigenvalue weighted by atomic mass is 9.92. The number of aromatic nitrogens is 2. The molecule has 0 aliphatic carbocycles. The maximum absolute atomic E-state index is 12.4. The lowest BCUT2D eigenvalue weighted by Crippen LogP contribution is -2.26. The molecule has 0 fully saturated rings. The molecule has 3 aromatic rings. The fraction of sp³-hybridized carbons (Fsp3) is 0.158. The number of imidazole rings is 1. The van der Waals surface area contributed by atoms with Crippen LogP contribution < -0.4 is 5.32 Å². The molecule has 1 aromatic heterocycles. The summed E-state index contributed by atoms with van der Waals surface area (Å²) in [4.78, 5) is 17.0. The van der Waals surface area contributed by atoms with Gasteiger partial charge in [-0.05, 0) is 43.7 Å². The highest BCUT2D eigenvalue weighted by Crippen LogP contribution is 2.39. The molecule has 0 bridgehead atoms. The molecule has 0 saturated carbocycles. The first-order chi connectivity index (χ1) is 11.6. The van der Waals surface area contributed by atoms with E-state index in [0.717, 1.165) is 22.3 Å². The van der Waals surface area contributed by atoms with Crippen molar-refractivity contribution in [2.75, 3.05) is 5.32 Å². The van der Waals surface area contributed by atoms with Crippen LogP contribution >= 0.6 is 0 Å². The first kappa shape index (κ1) is 14.5. The molecule has 1 aliphatic rings. The Morgan fingerprint density at radius 2 is 2.00 bits per heavy atom. The van der Waals surface area contributed by atoms with Gasteiger partial charge >= 0.3 is 0 Å². The number of nitrogens with one attached hydrogen (secondary N) is 1. The van der Waals surface area contributed by atoms with E-state index in [1.165, 1.54) is 0 Å². The predicted molar refractivity (Wildman–Crippen MR) is 93.0 cm³/mol. The summed E-state index contributed by atoms with van der Waals surface area (Å²) in [7, 11) is 0. The number of anilines is 1. The number of carbonyl (C=O) groups excluding carboxylic acids is 1. The molecule has 120 valence electrons. The number of phenols is 1. The van der Waals surface area contributed by atoms with Crippen LogP contribution in [0.1, 0.15) is 25.5 Å². The van der Waals surface area contributed by atoms with Gasteiger partial charge in [0.25, 0.3) is 0 Å². The second-order valence-corrected chi connectivity index (χ2v) is 6.01. The lowest BCUT2D eigenvalue weighted by molar-refractivity contribution is -0.114. The first-order valence-electron chi connectivity index (χ1n) is 7.81. The summed E-state index contributed by atoms with van der Waals surface area (Å²) in [6.07, 6.45) is 0. The Balaban J connectivity index is 2.05. The molecule has 2 aromatic carbocycles. The molecule has 4 rings (SSSR count). The molecule has 5 nitrogen and oxygen atoms in total. The Morgan fingerprint density at radius 1 is 1.21 bits per heavy atom. The van der Waals surface area contributed by atoms with Crippen molar-refractivity contribution in [2.24, 2.45) is 0 Å². The van der Waals surface area contributed by atoms with Crippen molar-refractivity contribution in [2.45, 2.75) is 19.9 Å². The molecular weight excluding hydrogens is 302 g/mol. The van der Waals surface area contributed by atoms with E-state index in [9.17, 15) is 9.90 Å². The van der Waals surface area contributed by atoms with Gasteiger partial charge in [-0.15, -0.1) is 0 Å². The fourth-order valence-electron chi connectivity index (χ4n) is 3.43. The van der Waals surface area contributed by atoms with Gasteiger partial charge < -0.3 is 10.4 Å². The molecule has 0 amide bonds. The average Bonchev–Trinajstić information content (AvgIpc) is 2.91. The third kappa shape index (κ3) is 2.09. The van der Waals surface area contributed by atoms with Crippen molar-refractivity contribution in [3.8, 4) is 5.75 Å². The van der Waals surface area contributed by atoms with E-state index >= 15 is 0 Å². The van der Waals surface area contributed by atoms with Crippen molar-refractivity contribution in [1.82, 2.24) is 9.55 Å². The summed E-state index contributed by atoms with van der Waals surface area (Å²) >= 11 is 0. The number of fused-ring (bicyclic) bond motifs is 3. The van der Waals surface area contributed by atoms with E-state index in [4.69, 9.17) is 0 Å². The van der Waals surface area contributed by atoms with E-state index in [1.54, 1.807) is 25.1 Å². The van der Waals surface area contributed by atoms with Crippen molar-refractivity contribution in [3.63, 3.8) is 0 Å². The number of benzene rings is 2. The minimum Gasteiger partial charge on any atom is -0.508 e. The Labute approximate surface area is 139 Å². The number of Topliss-reactive ketones (excluding diaryl/α,β-unsaturated/α-hetero) is 1. The number of phenolic OH excluding ortho intramolecular Hbond substituents is 1. The standard InChI is InChI=1S/C19H17N3O2/c1-11-17(12(2)23)18(13-6-5-7-14(24)10-13)22-16-9-4-3-8-15(16)21-19(22)20-11/h3-10,18,24H,1-2H3,(H,20,21). The summed E-state index contributed by atoms with van der Waals surface area (Å²) in [5.41, 5.74) is 4.13. The van der Waals surface area contributed by atoms with E-state index < -0.39 is 0 Å². The fourth-order valence-corrected chi connectivity index (χ4v) is 3.43. The van der Waals surface area contributed by atoms with Gasteiger partial charge in [0, 0.05) is 11.3 Å². The van der Waals surface area contributed by atoms with Crippen LogP contribution in [-0.4, -0.2) is 20.4 Å². The largest absolute Gasteiger partial charge is 0.508 e. The second-order valence-electron chi connectivity index (χ2n) is 6.01. The monoisotopic (exact) mass is 319 g/mol. The summed E-state index contributed by atoms with van der Waals surface area (Å²) in [5.74, 6) is 0.876. The third-order valence-corrected chi connectivity index (χ3v) is 4.40. The smallest absolute Gasteiger partial charge is 0.209 e. The predicted octanol–water partition coefficient (Wildman–Crippen LogP) is 3.62. The van der Waals surface area contributed by atoms with Gasteiger partial charge in [-0.25, -0.2) is 4.98 Å². The molecule has 1 unspecified atom stereocenters. The Morgan fingerprint density at radius 3 is 2.75 bits per heavy atom. The maximum Gasteiger partial charge on any atom is 0.209 e. The zero-order valence-corrected chi connectivity index (χ0v) is 13.4. The number of ketones is 1. The Kier molecular flexibility index (Phi) is 3.16. The van der Waals surface area contributed by atoms with Crippen LogP contribution in [0.5, 0.6) is 5.75 Å². The molecule has 2 N–H and O–H groups in total. The van der Waals surface area contributed by atoms with Crippen molar-refractivity contribution in [1.29, 1.82) is 0 Å². The second kappa shape index (κ2) is 5.23. The first-order valence-corrected chi connectivity index (χ1v) is 7.81. The van der Waals surface area contributed by atoms with Gasteiger partial charge in [-0.1, -0.05) is 24.3 Å². The van der Waals surface area contributed by atoms with E-state index in [0.29, 0.717) is 11.5 Å². The number of hydrogen-bond donors (Lipinski definition) is 2. The van der Waals surface area contributed by atoms with Crippen molar-refractivity contribution < 1.29 is 9.90 Å². The number of hydrogen-bond acceptors (Lipinski definition) is 4. The Bertz CT molecular complexity index is 1000. The molecule has 0 spiro atoms. The highest BCUT2D eigenvalue weighted by Gasteiger charge is 2.32. The SMILES string of the molecule is CC(=O)C1=C(C)Nc2nc3ccccc3n2C1c1cccc(O)c1. The van der Waals surface area contributed by atoms with Crippen LogP contribution in [0.4, 0.5) is 5.95 Å². The van der Waals surface area contributed by atoms with Gasteiger partial charge in [-0.2, -0.15) is 0 Å². The minimum absolute atomic E-state index is 0.00299. The highest BCUT2D eigenvalue weighted by molar-refractivity contribution is 5.97. The van der Waals surface area contributed by atoms with Crippen molar-refractivity contribution >= 4 is 22.8 Å². The van der Waals surface area contributed by atoms with Crippen LogP contribution in [0.25, 0.3) is 11.0 Å². The summed E-state index contributed by atoms with van der Waals surface area (Å²) in [5, 5.41) is 13.1. The summed E-state index contributed by atoms with van der Waals surface area (Å²) in [6.45, 7) is 3.45. The Hall–Kier alpha value is -3.08. The van der Waals surface area contributed by atoms with Crippen LogP contribution in [0.3, 0.4) is 0 Å². The topological polar surface area (TPSA) is 67.2 Å². The average molecular weight is 319 g/mol. The van der Waals surface area contributed by atoms with Gasteiger partial charge in [0.15, 0.2) is 5.78 Å². The van der Waals surface area contributed by atoms with Crippen LogP contribution in [0.2, 0.25) is 0 Å². The number of aromatic hydroxyl groups is 1. The molecule has 5 heteroatoms. The van der Waals surface area contributed by atoms with Gasteiger partial charge in [0.05, 0.1) is 17.1 Å². The van der Waals surface area contributed by atoms with E-state index in [1.807, 2.05) is 41.8 Å². The number of nitrogens with zero attached hydrogens (tertiary/aromatic N) is 2. The summed E-state index contributed by atoms with van der Waals surface area (Å²) < 4.78 is 2.02. The van der Waals surface area contributed by atoms with E-state index in [2.05, 4.69) is 10.3 Å². The zero-order chi connectivity index (χ0) is 16.8.